The third-order valence-corrected chi connectivity index (χ3v) is 7.30. The molecule has 1 unspecified atom stereocenters. The molecule has 1 fully saturated rings. The van der Waals surface area contributed by atoms with E-state index in [2.05, 4.69) is 21.2 Å². The Labute approximate surface area is 120 Å². The smallest absolute Gasteiger partial charge is 0.253 e. The van der Waals surface area contributed by atoms with Crippen molar-refractivity contribution >= 4 is 49.7 Å². The Morgan fingerprint density at radius 1 is 1.59 bits per heavy atom. The first-order chi connectivity index (χ1) is 7.53. The molecule has 98 valence electrons. The molecule has 2 heterocycles. The highest BCUT2D eigenvalue weighted by Crippen LogP contribution is 2.31. The van der Waals surface area contributed by atoms with Crippen molar-refractivity contribution in [1.29, 1.82) is 0 Å². The van der Waals surface area contributed by atoms with Crippen LogP contribution in [-0.4, -0.2) is 38.9 Å². The Balaban J connectivity index is 0.00000144. The zero-order chi connectivity index (χ0) is 11.8. The lowest BCUT2D eigenvalue weighted by molar-refractivity contribution is 0.388. The van der Waals surface area contributed by atoms with Crippen LogP contribution in [0.2, 0.25) is 0 Å². The predicted molar refractivity (Wildman–Crippen MR) is 75.5 cm³/mol. The van der Waals surface area contributed by atoms with E-state index < -0.39 is 10.0 Å². The summed E-state index contributed by atoms with van der Waals surface area (Å²) in [6.07, 6.45) is 0.874. The Morgan fingerprint density at radius 3 is 2.76 bits per heavy atom. The molecular weight excluding hydrogens is 348 g/mol. The predicted octanol–water partition coefficient (Wildman–Crippen LogP) is 1.91. The van der Waals surface area contributed by atoms with Crippen LogP contribution in [0.3, 0.4) is 0 Å². The van der Waals surface area contributed by atoms with Gasteiger partial charge < -0.3 is 5.32 Å². The molecule has 0 radical (unpaired) electrons. The van der Waals surface area contributed by atoms with Crippen molar-refractivity contribution in [2.24, 2.45) is 0 Å². The second kappa shape index (κ2) is 5.99. The molecule has 4 nitrogen and oxygen atoms in total. The molecule has 1 aromatic heterocycles. The minimum atomic E-state index is -3.34. The zero-order valence-corrected chi connectivity index (χ0v) is 13.3. The van der Waals surface area contributed by atoms with Crippen molar-refractivity contribution in [3.8, 4) is 0 Å². The standard InChI is InChI=1S/C9H13BrN2O2S2.ClH/c1-12(7-2-4-11-6-7)16(13,14)9-8(10)3-5-15-9;/h3,5,7,11H,2,4,6H2,1H3;1H. The Bertz CT molecular complexity index is 471. The van der Waals surface area contributed by atoms with Gasteiger partial charge in [0.2, 0.25) is 0 Å². The first-order valence-corrected chi connectivity index (χ1v) is 8.06. The number of nitrogens with zero attached hydrogens (tertiary/aromatic N) is 1. The first-order valence-electron chi connectivity index (χ1n) is 4.95. The maximum Gasteiger partial charge on any atom is 0.253 e. The van der Waals surface area contributed by atoms with E-state index in [0.717, 1.165) is 19.5 Å². The summed E-state index contributed by atoms with van der Waals surface area (Å²) in [5.41, 5.74) is 0. The van der Waals surface area contributed by atoms with Crippen LogP contribution >= 0.6 is 39.7 Å². The minimum Gasteiger partial charge on any atom is -0.315 e. The van der Waals surface area contributed by atoms with Crippen LogP contribution in [0.25, 0.3) is 0 Å². The van der Waals surface area contributed by atoms with Gasteiger partial charge in [-0.15, -0.1) is 23.7 Å². The molecule has 0 amide bonds. The third kappa shape index (κ3) is 3.02. The van der Waals surface area contributed by atoms with E-state index in [1.807, 2.05) is 0 Å². The van der Waals surface area contributed by atoms with Crippen LogP contribution in [0, 0.1) is 0 Å². The molecule has 1 aromatic rings. The molecule has 2 rings (SSSR count). The van der Waals surface area contributed by atoms with Crippen molar-refractivity contribution in [3.05, 3.63) is 15.9 Å². The number of likely N-dealkylation sites (N-methyl/N-ethyl adjacent to an activating group) is 1. The molecule has 0 spiro atoms. The summed E-state index contributed by atoms with van der Waals surface area (Å²) in [6.45, 7) is 1.62. The lowest BCUT2D eigenvalue weighted by atomic mass is 10.3. The number of sulfonamides is 1. The molecule has 1 aliphatic rings. The zero-order valence-electron chi connectivity index (χ0n) is 9.22. The number of rotatable bonds is 3. The van der Waals surface area contributed by atoms with Crippen LogP contribution < -0.4 is 5.32 Å². The average Bonchev–Trinajstić information content (AvgIpc) is 2.86. The summed E-state index contributed by atoms with van der Waals surface area (Å²) in [5, 5.41) is 4.95. The van der Waals surface area contributed by atoms with Crippen molar-refractivity contribution in [3.63, 3.8) is 0 Å². The van der Waals surface area contributed by atoms with Crippen LogP contribution in [0.4, 0.5) is 0 Å². The summed E-state index contributed by atoms with van der Waals surface area (Å²) in [4.78, 5) is 0. The number of nitrogens with one attached hydrogen (secondary N) is 1. The third-order valence-electron chi connectivity index (χ3n) is 2.75. The Morgan fingerprint density at radius 2 is 2.29 bits per heavy atom. The van der Waals surface area contributed by atoms with Gasteiger partial charge >= 0.3 is 0 Å². The van der Waals surface area contributed by atoms with Gasteiger partial charge in [0, 0.05) is 24.1 Å². The number of hydrogen-bond acceptors (Lipinski definition) is 4. The van der Waals surface area contributed by atoms with E-state index >= 15 is 0 Å². The fraction of sp³-hybridized carbons (Fsp3) is 0.556. The van der Waals surface area contributed by atoms with Gasteiger partial charge in [-0.25, -0.2) is 8.42 Å². The normalized spacial score (nSPS) is 20.5. The van der Waals surface area contributed by atoms with Gasteiger partial charge in [-0.3, -0.25) is 0 Å². The molecule has 17 heavy (non-hydrogen) atoms. The van der Waals surface area contributed by atoms with Crippen molar-refractivity contribution in [2.45, 2.75) is 16.7 Å². The summed E-state index contributed by atoms with van der Waals surface area (Å²) in [5.74, 6) is 0. The highest BCUT2D eigenvalue weighted by Gasteiger charge is 2.31. The maximum absolute atomic E-state index is 12.3. The van der Waals surface area contributed by atoms with E-state index in [1.54, 1.807) is 18.5 Å². The Kier molecular flexibility index (Phi) is 5.42. The van der Waals surface area contributed by atoms with Gasteiger partial charge in [-0.1, -0.05) is 0 Å². The number of hydrogen-bond donors (Lipinski definition) is 1. The van der Waals surface area contributed by atoms with Crippen LogP contribution in [-0.2, 0) is 10.0 Å². The SMILES string of the molecule is CN(C1CCNC1)S(=O)(=O)c1sccc1Br.Cl. The molecule has 1 N–H and O–H groups in total. The van der Waals surface area contributed by atoms with Gasteiger partial charge in [-0.05, 0) is 40.3 Å². The first kappa shape index (κ1) is 15.4. The van der Waals surface area contributed by atoms with Gasteiger partial charge in [0.1, 0.15) is 4.21 Å². The lowest BCUT2D eigenvalue weighted by Gasteiger charge is -2.22. The lowest BCUT2D eigenvalue weighted by Crippen LogP contribution is -2.38. The van der Waals surface area contributed by atoms with E-state index in [9.17, 15) is 8.42 Å². The molecule has 0 saturated carbocycles. The summed E-state index contributed by atoms with van der Waals surface area (Å²) in [7, 11) is -1.69. The minimum absolute atomic E-state index is 0. The highest BCUT2D eigenvalue weighted by molar-refractivity contribution is 9.10. The molecule has 8 heteroatoms. The fourth-order valence-electron chi connectivity index (χ4n) is 1.74. The van der Waals surface area contributed by atoms with Gasteiger partial charge in [0.05, 0.1) is 0 Å². The van der Waals surface area contributed by atoms with E-state index in [1.165, 1.54) is 15.6 Å². The molecule has 0 aliphatic carbocycles. The summed E-state index contributed by atoms with van der Waals surface area (Å²) >= 11 is 4.51. The second-order valence-electron chi connectivity index (χ2n) is 3.72. The summed E-state index contributed by atoms with van der Waals surface area (Å²) < 4.78 is 27.1. The number of thiophene rings is 1. The summed E-state index contributed by atoms with van der Waals surface area (Å²) in [6, 6.07) is 1.83. The van der Waals surface area contributed by atoms with E-state index in [4.69, 9.17) is 0 Å². The van der Waals surface area contributed by atoms with E-state index in [-0.39, 0.29) is 18.4 Å². The van der Waals surface area contributed by atoms with Gasteiger partial charge in [-0.2, -0.15) is 4.31 Å². The fourth-order valence-corrected chi connectivity index (χ4v) is 5.60. The maximum atomic E-state index is 12.3. The Hall–Kier alpha value is 0.340. The van der Waals surface area contributed by atoms with Gasteiger partial charge in [0.15, 0.2) is 0 Å². The molecule has 0 aromatic carbocycles. The largest absolute Gasteiger partial charge is 0.315 e. The van der Waals surface area contributed by atoms with Crippen LogP contribution in [0.15, 0.2) is 20.1 Å². The average molecular weight is 362 g/mol. The molecule has 1 aliphatic heterocycles. The molecule has 0 bridgehead atoms. The molecular formula is C9H14BrClN2O2S2. The quantitative estimate of drug-likeness (QED) is 0.895. The van der Waals surface area contributed by atoms with Crippen molar-refractivity contribution in [1.82, 2.24) is 9.62 Å². The van der Waals surface area contributed by atoms with E-state index in [0.29, 0.717) is 8.68 Å². The van der Waals surface area contributed by atoms with Gasteiger partial charge in [0.25, 0.3) is 10.0 Å². The molecule has 1 atom stereocenters. The number of halogens is 2. The van der Waals surface area contributed by atoms with Crippen LogP contribution in [0.5, 0.6) is 0 Å². The van der Waals surface area contributed by atoms with Crippen LogP contribution in [0.1, 0.15) is 6.42 Å². The monoisotopic (exact) mass is 360 g/mol. The highest BCUT2D eigenvalue weighted by atomic mass is 79.9. The second-order valence-corrected chi connectivity index (χ2v) is 7.69. The molecule has 1 saturated heterocycles. The van der Waals surface area contributed by atoms with Crippen molar-refractivity contribution < 1.29 is 8.42 Å². The van der Waals surface area contributed by atoms with Crippen molar-refractivity contribution in [2.75, 3.05) is 20.1 Å². The topological polar surface area (TPSA) is 49.4 Å².